The van der Waals surface area contributed by atoms with Crippen molar-refractivity contribution in [1.82, 2.24) is 10.3 Å². The highest BCUT2D eigenvalue weighted by Crippen LogP contribution is 2.30. The molecule has 3 nitrogen and oxygen atoms in total. The number of hydrogen-bond donors (Lipinski definition) is 1. The quantitative estimate of drug-likeness (QED) is 0.872. The van der Waals surface area contributed by atoms with Crippen LogP contribution in [-0.4, -0.2) is 24.1 Å². The van der Waals surface area contributed by atoms with E-state index in [1.165, 1.54) is 25.7 Å². The van der Waals surface area contributed by atoms with E-state index in [1.807, 2.05) is 12.1 Å². The molecule has 0 unspecified atom stereocenters. The van der Waals surface area contributed by atoms with Gasteiger partial charge in [-0.25, -0.2) is 4.98 Å². The van der Waals surface area contributed by atoms with Crippen molar-refractivity contribution < 1.29 is 0 Å². The minimum Gasteiger partial charge on any atom is -0.357 e. The molecule has 2 aliphatic rings. The second-order valence-electron chi connectivity index (χ2n) is 5.10. The highest BCUT2D eigenvalue weighted by molar-refractivity contribution is 6.31. The summed E-state index contributed by atoms with van der Waals surface area (Å²) >= 11 is 6.18. The summed E-state index contributed by atoms with van der Waals surface area (Å²) in [5.41, 5.74) is 0.976. The Morgan fingerprint density at radius 1 is 1.35 bits per heavy atom. The van der Waals surface area contributed by atoms with Crippen molar-refractivity contribution in [2.75, 3.05) is 11.9 Å². The number of hydrogen-bond acceptors (Lipinski definition) is 3. The van der Waals surface area contributed by atoms with Gasteiger partial charge in [0.25, 0.3) is 0 Å². The molecule has 17 heavy (non-hydrogen) atoms. The first-order chi connectivity index (χ1) is 8.24. The fourth-order valence-corrected chi connectivity index (χ4v) is 2.14. The lowest BCUT2D eigenvalue weighted by molar-refractivity contribution is 0.673. The maximum Gasteiger partial charge on any atom is 0.128 e. The first-order valence-corrected chi connectivity index (χ1v) is 6.73. The Bertz CT molecular complexity index is 413. The highest BCUT2D eigenvalue weighted by Gasteiger charge is 2.27. The van der Waals surface area contributed by atoms with Crippen LogP contribution in [0.1, 0.15) is 31.4 Å². The van der Waals surface area contributed by atoms with Gasteiger partial charge in [-0.05, 0) is 37.8 Å². The molecule has 4 heteroatoms. The maximum atomic E-state index is 6.18. The average Bonchev–Trinajstić information content (AvgIpc) is 3.18. The van der Waals surface area contributed by atoms with Crippen LogP contribution in [0.5, 0.6) is 0 Å². The molecule has 1 heterocycles. The van der Waals surface area contributed by atoms with Crippen LogP contribution in [0.15, 0.2) is 12.1 Å². The van der Waals surface area contributed by atoms with Gasteiger partial charge in [-0.15, -0.1) is 0 Å². The van der Waals surface area contributed by atoms with Gasteiger partial charge in [-0.3, -0.25) is 0 Å². The van der Waals surface area contributed by atoms with Crippen molar-refractivity contribution in [3.63, 3.8) is 0 Å². The number of anilines is 1. The van der Waals surface area contributed by atoms with Gasteiger partial charge < -0.3 is 10.2 Å². The number of pyridine rings is 1. The monoisotopic (exact) mass is 251 g/mol. The van der Waals surface area contributed by atoms with E-state index >= 15 is 0 Å². The Hall–Kier alpha value is -0.800. The smallest absolute Gasteiger partial charge is 0.128 e. The molecule has 0 aromatic carbocycles. The van der Waals surface area contributed by atoms with Gasteiger partial charge in [0.15, 0.2) is 0 Å². The molecular weight excluding hydrogens is 234 g/mol. The van der Waals surface area contributed by atoms with Crippen LogP contribution in [0.2, 0.25) is 5.02 Å². The van der Waals surface area contributed by atoms with E-state index in [9.17, 15) is 0 Å². The fraction of sp³-hybridized carbons (Fsp3) is 0.615. The standard InChI is InChI=1S/C13H18ClN3/c1-17(10-4-5-10)13-7-6-11(14)12(16-13)8-15-9-2-3-9/h6-7,9-10,15H,2-5,8H2,1H3. The van der Waals surface area contributed by atoms with E-state index in [1.54, 1.807) is 0 Å². The molecule has 2 fully saturated rings. The lowest BCUT2D eigenvalue weighted by atomic mass is 10.3. The predicted molar refractivity (Wildman–Crippen MR) is 70.5 cm³/mol. The Balaban J connectivity index is 1.72. The van der Waals surface area contributed by atoms with Gasteiger partial charge in [0.05, 0.1) is 10.7 Å². The van der Waals surface area contributed by atoms with Crippen molar-refractivity contribution in [3.05, 3.63) is 22.8 Å². The van der Waals surface area contributed by atoms with Crippen LogP contribution in [-0.2, 0) is 6.54 Å². The maximum absolute atomic E-state index is 6.18. The minimum atomic E-state index is 0.688. The van der Waals surface area contributed by atoms with Gasteiger partial charge in [0.2, 0.25) is 0 Å². The Labute approximate surface area is 107 Å². The summed E-state index contributed by atoms with van der Waals surface area (Å²) in [6.07, 6.45) is 5.16. The summed E-state index contributed by atoms with van der Waals surface area (Å²) in [6, 6.07) is 5.36. The molecule has 0 saturated heterocycles. The Kier molecular flexibility index (Phi) is 2.97. The van der Waals surface area contributed by atoms with Crippen LogP contribution in [0.25, 0.3) is 0 Å². The summed E-state index contributed by atoms with van der Waals surface area (Å²) in [6.45, 7) is 0.788. The number of halogens is 1. The molecule has 2 aliphatic carbocycles. The third-order valence-electron chi connectivity index (χ3n) is 3.50. The molecular formula is C13H18ClN3. The van der Waals surface area contributed by atoms with Crippen molar-refractivity contribution in [1.29, 1.82) is 0 Å². The van der Waals surface area contributed by atoms with E-state index < -0.39 is 0 Å². The van der Waals surface area contributed by atoms with Gasteiger partial charge in [-0.1, -0.05) is 11.6 Å². The zero-order valence-corrected chi connectivity index (χ0v) is 10.9. The molecule has 0 bridgehead atoms. The van der Waals surface area contributed by atoms with Crippen molar-refractivity contribution in [2.24, 2.45) is 0 Å². The molecule has 0 spiro atoms. The fourth-order valence-electron chi connectivity index (χ4n) is 1.97. The van der Waals surface area contributed by atoms with E-state index in [0.29, 0.717) is 12.1 Å². The summed E-state index contributed by atoms with van der Waals surface area (Å²) in [4.78, 5) is 6.93. The zero-order chi connectivity index (χ0) is 11.8. The first-order valence-electron chi connectivity index (χ1n) is 6.35. The van der Waals surface area contributed by atoms with Crippen molar-refractivity contribution in [2.45, 2.75) is 44.3 Å². The van der Waals surface area contributed by atoms with Gasteiger partial charge in [0, 0.05) is 25.7 Å². The molecule has 1 aromatic heterocycles. The second kappa shape index (κ2) is 4.46. The second-order valence-corrected chi connectivity index (χ2v) is 5.50. The molecule has 1 N–H and O–H groups in total. The molecule has 0 radical (unpaired) electrons. The van der Waals surface area contributed by atoms with Crippen molar-refractivity contribution in [3.8, 4) is 0 Å². The SMILES string of the molecule is CN(c1ccc(Cl)c(CNC2CC2)n1)C1CC1. The van der Waals surface area contributed by atoms with E-state index in [2.05, 4.69) is 22.2 Å². The molecule has 3 rings (SSSR count). The number of nitrogens with zero attached hydrogens (tertiary/aromatic N) is 2. The topological polar surface area (TPSA) is 28.2 Å². The largest absolute Gasteiger partial charge is 0.357 e. The number of nitrogens with one attached hydrogen (secondary N) is 1. The molecule has 2 saturated carbocycles. The zero-order valence-electron chi connectivity index (χ0n) is 10.1. The summed E-state index contributed by atoms with van der Waals surface area (Å²) < 4.78 is 0. The van der Waals surface area contributed by atoms with Gasteiger partial charge in [0.1, 0.15) is 5.82 Å². The van der Waals surface area contributed by atoms with Gasteiger partial charge >= 0.3 is 0 Å². The highest BCUT2D eigenvalue weighted by atomic mass is 35.5. The Morgan fingerprint density at radius 2 is 2.12 bits per heavy atom. The Morgan fingerprint density at radius 3 is 2.76 bits per heavy atom. The number of rotatable bonds is 5. The molecule has 92 valence electrons. The molecule has 1 aromatic rings. The number of aromatic nitrogens is 1. The van der Waals surface area contributed by atoms with Crippen LogP contribution >= 0.6 is 11.6 Å². The molecule has 0 atom stereocenters. The molecule has 0 amide bonds. The lowest BCUT2D eigenvalue weighted by Crippen LogP contribution is -2.22. The minimum absolute atomic E-state index is 0.688. The van der Waals surface area contributed by atoms with Crippen LogP contribution in [0.4, 0.5) is 5.82 Å². The van der Waals surface area contributed by atoms with Gasteiger partial charge in [-0.2, -0.15) is 0 Å². The predicted octanol–water partition coefficient (Wildman–Crippen LogP) is 2.59. The van der Waals surface area contributed by atoms with Crippen LogP contribution in [0.3, 0.4) is 0 Å². The van der Waals surface area contributed by atoms with E-state index in [4.69, 9.17) is 11.6 Å². The van der Waals surface area contributed by atoms with Crippen molar-refractivity contribution >= 4 is 17.4 Å². The van der Waals surface area contributed by atoms with Crippen LogP contribution in [0, 0.1) is 0 Å². The van der Waals surface area contributed by atoms with E-state index in [0.717, 1.165) is 23.1 Å². The summed E-state index contributed by atoms with van der Waals surface area (Å²) in [7, 11) is 2.12. The summed E-state index contributed by atoms with van der Waals surface area (Å²) in [5, 5.41) is 4.23. The third-order valence-corrected chi connectivity index (χ3v) is 3.84. The normalized spacial score (nSPS) is 19.4. The van der Waals surface area contributed by atoms with E-state index in [-0.39, 0.29) is 0 Å². The first kappa shape index (κ1) is 11.3. The molecule has 0 aliphatic heterocycles. The summed E-state index contributed by atoms with van der Waals surface area (Å²) in [5.74, 6) is 1.05. The lowest BCUT2D eigenvalue weighted by Gasteiger charge is -2.18. The average molecular weight is 252 g/mol. The van der Waals surface area contributed by atoms with Crippen LogP contribution < -0.4 is 10.2 Å². The third kappa shape index (κ3) is 2.72.